The van der Waals surface area contributed by atoms with Crippen LogP contribution < -0.4 is 5.32 Å². The van der Waals surface area contributed by atoms with E-state index in [0.717, 1.165) is 18.5 Å². The summed E-state index contributed by atoms with van der Waals surface area (Å²) in [6.45, 7) is 10.0. The third kappa shape index (κ3) is 3.29. The van der Waals surface area contributed by atoms with E-state index >= 15 is 0 Å². The van der Waals surface area contributed by atoms with E-state index in [1.165, 1.54) is 29.1 Å². The molecule has 2 rings (SSSR count). The highest BCUT2D eigenvalue weighted by atomic mass is 32.1. The minimum Gasteiger partial charge on any atom is -0.309 e. The lowest BCUT2D eigenvalue weighted by Gasteiger charge is -2.16. The maximum Gasteiger partial charge on any atom is 0.0981 e. The molecule has 2 unspecified atom stereocenters. The summed E-state index contributed by atoms with van der Waals surface area (Å²) < 4.78 is 0. The molecule has 2 nitrogen and oxygen atoms in total. The van der Waals surface area contributed by atoms with Gasteiger partial charge in [-0.3, -0.25) is 0 Å². The average Bonchev–Trinajstić information content (AvgIpc) is 2.82. The minimum atomic E-state index is 0.184. The Labute approximate surface area is 109 Å². The molecule has 0 radical (unpaired) electrons. The largest absolute Gasteiger partial charge is 0.309 e. The zero-order chi connectivity index (χ0) is 12.5. The summed E-state index contributed by atoms with van der Waals surface area (Å²) in [6.07, 6.45) is 6.15. The summed E-state index contributed by atoms with van der Waals surface area (Å²) in [5.41, 5.74) is 0.184. The number of hydrogen-bond acceptors (Lipinski definition) is 3. The molecule has 1 aliphatic carbocycles. The smallest absolute Gasteiger partial charge is 0.0981 e. The van der Waals surface area contributed by atoms with Crippen molar-refractivity contribution < 1.29 is 0 Å². The molecule has 0 aliphatic heterocycles. The van der Waals surface area contributed by atoms with E-state index in [4.69, 9.17) is 0 Å². The third-order valence-electron chi connectivity index (χ3n) is 3.60. The molecule has 1 aromatic heterocycles. The van der Waals surface area contributed by atoms with Crippen LogP contribution in [0.3, 0.4) is 0 Å². The molecular weight excluding hydrogens is 228 g/mol. The van der Waals surface area contributed by atoms with Crippen molar-refractivity contribution >= 4 is 11.3 Å². The molecule has 2 atom stereocenters. The van der Waals surface area contributed by atoms with Gasteiger partial charge in [-0.2, -0.15) is 0 Å². The lowest BCUT2D eigenvalue weighted by molar-refractivity contribution is 0.427. The van der Waals surface area contributed by atoms with Crippen molar-refractivity contribution in [1.82, 2.24) is 10.3 Å². The van der Waals surface area contributed by atoms with Crippen LogP contribution in [0.1, 0.15) is 56.8 Å². The van der Waals surface area contributed by atoms with E-state index in [-0.39, 0.29) is 5.41 Å². The monoisotopic (exact) mass is 252 g/mol. The summed E-state index contributed by atoms with van der Waals surface area (Å²) in [7, 11) is 0. The van der Waals surface area contributed by atoms with Crippen LogP contribution >= 0.6 is 11.3 Å². The molecular formula is C14H24N2S. The predicted octanol–water partition coefficient (Wildman–Crippen LogP) is 3.72. The molecule has 17 heavy (non-hydrogen) atoms. The second-order valence-electron chi connectivity index (χ2n) is 6.28. The Kier molecular flexibility index (Phi) is 3.88. The first kappa shape index (κ1) is 13.0. The van der Waals surface area contributed by atoms with Crippen LogP contribution in [-0.4, -0.2) is 11.0 Å². The van der Waals surface area contributed by atoms with Crippen LogP contribution in [0.25, 0.3) is 0 Å². The standard InChI is InChI=1S/C14H24N2S/c1-10-6-5-7-12(10)15-8-11-9-16-13(17-11)14(2,3)4/h9-10,12,15H,5-8H2,1-4H3. The molecule has 1 saturated carbocycles. The van der Waals surface area contributed by atoms with Crippen molar-refractivity contribution in [2.75, 3.05) is 0 Å². The number of nitrogens with zero attached hydrogens (tertiary/aromatic N) is 1. The van der Waals surface area contributed by atoms with Gasteiger partial charge in [0, 0.05) is 29.1 Å². The Morgan fingerprint density at radius 2 is 2.18 bits per heavy atom. The molecule has 1 N–H and O–H groups in total. The average molecular weight is 252 g/mol. The Morgan fingerprint density at radius 3 is 2.71 bits per heavy atom. The van der Waals surface area contributed by atoms with Crippen molar-refractivity contribution in [3.8, 4) is 0 Å². The zero-order valence-corrected chi connectivity index (χ0v) is 12.2. The highest BCUT2D eigenvalue weighted by Gasteiger charge is 2.23. The molecule has 1 fully saturated rings. The molecule has 1 aliphatic rings. The second-order valence-corrected chi connectivity index (χ2v) is 7.39. The van der Waals surface area contributed by atoms with Gasteiger partial charge in [-0.25, -0.2) is 4.98 Å². The molecule has 0 bridgehead atoms. The van der Waals surface area contributed by atoms with Gasteiger partial charge in [-0.05, 0) is 18.8 Å². The maximum absolute atomic E-state index is 4.53. The van der Waals surface area contributed by atoms with Gasteiger partial charge < -0.3 is 5.32 Å². The Bertz CT molecular complexity index is 365. The van der Waals surface area contributed by atoms with Gasteiger partial charge in [0.25, 0.3) is 0 Å². The first-order valence-electron chi connectivity index (χ1n) is 6.65. The summed E-state index contributed by atoms with van der Waals surface area (Å²) in [5, 5.41) is 4.93. The fraction of sp³-hybridized carbons (Fsp3) is 0.786. The maximum atomic E-state index is 4.53. The molecule has 1 aromatic rings. The highest BCUT2D eigenvalue weighted by molar-refractivity contribution is 7.11. The normalized spacial score (nSPS) is 25.4. The summed E-state index contributed by atoms with van der Waals surface area (Å²) in [4.78, 5) is 5.90. The van der Waals surface area contributed by atoms with Gasteiger partial charge in [0.15, 0.2) is 0 Å². The van der Waals surface area contributed by atoms with Crippen LogP contribution in [0.15, 0.2) is 6.20 Å². The predicted molar refractivity (Wildman–Crippen MR) is 74.5 cm³/mol. The SMILES string of the molecule is CC1CCCC1NCc1cnc(C(C)(C)C)s1. The molecule has 0 amide bonds. The van der Waals surface area contributed by atoms with Gasteiger partial charge in [0.2, 0.25) is 0 Å². The molecule has 0 spiro atoms. The summed E-state index contributed by atoms with van der Waals surface area (Å²) in [6, 6.07) is 0.718. The van der Waals surface area contributed by atoms with E-state index < -0.39 is 0 Å². The van der Waals surface area contributed by atoms with Crippen LogP contribution in [0.5, 0.6) is 0 Å². The number of aromatic nitrogens is 1. The van der Waals surface area contributed by atoms with Crippen molar-refractivity contribution in [3.05, 3.63) is 16.1 Å². The topological polar surface area (TPSA) is 24.9 Å². The quantitative estimate of drug-likeness (QED) is 0.887. The molecule has 1 heterocycles. The third-order valence-corrected chi connectivity index (χ3v) is 5.02. The number of hydrogen-bond donors (Lipinski definition) is 1. The van der Waals surface area contributed by atoms with Crippen LogP contribution in [0, 0.1) is 5.92 Å². The number of rotatable bonds is 3. The van der Waals surface area contributed by atoms with E-state index in [1.807, 2.05) is 17.5 Å². The van der Waals surface area contributed by atoms with Crippen molar-refractivity contribution in [2.45, 2.75) is 65.0 Å². The van der Waals surface area contributed by atoms with E-state index in [1.54, 1.807) is 0 Å². The lowest BCUT2D eigenvalue weighted by Crippen LogP contribution is -2.30. The zero-order valence-electron chi connectivity index (χ0n) is 11.4. The summed E-state index contributed by atoms with van der Waals surface area (Å²) >= 11 is 1.85. The lowest BCUT2D eigenvalue weighted by atomic mass is 9.98. The molecule has 0 aromatic carbocycles. The molecule has 0 saturated heterocycles. The Hall–Kier alpha value is -0.410. The number of thiazole rings is 1. The van der Waals surface area contributed by atoms with Gasteiger partial charge in [0.05, 0.1) is 5.01 Å². The van der Waals surface area contributed by atoms with Crippen LogP contribution in [-0.2, 0) is 12.0 Å². The molecule has 3 heteroatoms. The van der Waals surface area contributed by atoms with E-state index in [2.05, 4.69) is 38.0 Å². The first-order chi connectivity index (χ1) is 7.97. The summed E-state index contributed by atoms with van der Waals surface area (Å²) in [5.74, 6) is 0.838. The Morgan fingerprint density at radius 1 is 1.41 bits per heavy atom. The fourth-order valence-electron chi connectivity index (χ4n) is 2.42. The second kappa shape index (κ2) is 5.07. The highest BCUT2D eigenvalue weighted by Crippen LogP contribution is 2.28. The fourth-order valence-corrected chi connectivity index (χ4v) is 3.34. The van der Waals surface area contributed by atoms with Gasteiger partial charge in [-0.1, -0.05) is 34.1 Å². The van der Waals surface area contributed by atoms with Crippen LogP contribution in [0.2, 0.25) is 0 Å². The number of nitrogens with one attached hydrogen (secondary N) is 1. The van der Waals surface area contributed by atoms with Gasteiger partial charge >= 0.3 is 0 Å². The van der Waals surface area contributed by atoms with Crippen molar-refractivity contribution in [3.63, 3.8) is 0 Å². The van der Waals surface area contributed by atoms with Crippen molar-refractivity contribution in [1.29, 1.82) is 0 Å². The minimum absolute atomic E-state index is 0.184. The van der Waals surface area contributed by atoms with E-state index in [0.29, 0.717) is 0 Å². The van der Waals surface area contributed by atoms with Crippen molar-refractivity contribution in [2.24, 2.45) is 5.92 Å². The molecule has 96 valence electrons. The van der Waals surface area contributed by atoms with Crippen LogP contribution in [0.4, 0.5) is 0 Å². The van der Waals surface area contributed by atoms with E-state index in [9.17, 15) is 0 Å². The van der Waals surface area contributed by atoms with Gasteiger partial charge in [-0.15, -0.1) is 11.3 Å². The Balaban J connectivity index is 1.89. The van der Waals surface area contributed by atoms with Gasteiger partial charge in [0.1, 0.15) is 0 Å². The first-order valence-corrected chi connectivity index (χ1v) is 7.47.